The average Bonchev–Trinajstić information content (AvgIpc) is 2.17. The normalized spacial score (nSPS) is 12.9. The van der Waals surface area contributed by atoms with Crippen LogP contribution in [0.2, 0.25) is 0 Å². The van der Waals surface area contributed by atoms with E-state index < -0.39 is 0 Å². The minimum absolute atomic E-state index is 0.0418. The molecule has 1 atom stereocenters. The summed E-state index contributed by atoms with van der Waals surface area (Å²) in [5.74, 6) is 0.858. The monoisotopic (exact) mass is 194 g/mol. The van der Waals surface area contributed by atoms with Gasteiger partial charge in [0.15, 0.2) is 0 Å². The third-order valence-electron chi connectivity index (χ3n) is 2.08. The molecule has 0 aliphatic carbocycles. The molecule has 1 aromatic carbocycles. The quantitative estimate of drug-likeness (QED) is 0.784. The maximum Gasteiger partial charge on any atom is 0.119 e. The highest BCUT2D eigenvalue weighted by molar-refractivity contribution is 5.30. The van der Waals surface area contributed by atoms with Crippen LogP contribution in [-0.4, -0.2) is 32.6 Å². The Morgan fingerprint density at radius 3 is 2.71 bits per heavy atom. The minimum atomic E-state index is 0.0418. The topological polar surface area (TPSA) is 38.5 Å². The number of benzene rings is 1. The zero-order valence-electron chi connectivity index (χ0n) is 9.03. The molecule has 0 fully saturated rings. The summed E-state index contributed by atoms with van der Waals surface area (Å²) in [6.45, 7) is 0.840. The summed E-state index contributed by atoms with van der Waals surface area (Å²) in [4.78, 5) is 2.07. The number of rotatable bonds is 4. The van der Waals surface area contributed by atoms with Gasteiger partial charge in [0.2, 0.25) is 0 Å². The van der Waals surface area contributed by atoms with Crippen LogP contribution in [0, 0.1) is 0 Å². The SMILES string of the molecule is COc1cccc([C@H](N)CN(C)C)c1. The molecule has 2 N–H and O–H groups in total. The number of ether oxygens (including phenoxy) is 1. The van der Waals surface area contributed by atoms with E-state index in [2.05, 4.69) is 4.90 Å². The van der Waals surface area contributed by atoms with Crippen LogP contribution in [0.4, 0.5) is 0 Å². The standard InChI is InChI=1S/C11H18N2O/c1-13(2)8-11(12)9-5-4-6-10(7-9)14-3/h4-7,11H,8,12H2,1-3H3/t11-/m1/s1. The predicted molar refractivity (Wildman–Crippen MR) is 58.5 cm³/mol. The Morgan fingerprint density at radius 1 is 1.43 bits per heavy atom. The molecule has 0 aliphatic rings. The second kappa shape index (κ2) is 4.98. The summed E-state index contributed by atoms with van der Waals surface area (Å²) in [6, 6.07) is 7.93. The Morgan fingerprint density at radius 2 is 2.14 bits per heavy atom. The molecule has 0 heterocycles. The van der Waals surface area contributed by atoms with Crippen molar-refractivity contribution < 1.29 is 4.74 Å². The van der Waals surface area contributed by atoms with E-state index in [1.54, 1.807) is 7.11 Å². The van der Waals surface area contributed by atoms with Gasteiger partial charge in [0.25, 0.3) is 0 Å². The molecule has 0 aromatic heterocycles. The zero-order chi connectivity index (χ0) is 10.6. The van der Waals surface area contributed by atoms with Crippen molar-refractivity contribution in [2.24, 2.45) is 5.73 Å². The first-order chi connectivity index (χ1) is 6.63. The molecule has 1 rings (SSSR count). The highest BCUT2D eigenvalue weighted by atomic mass is 16.5. The van der Waals surface area contributed by atoms with Crippen molar-refractivity contribution in [2.45, 2.75) is 6.04 Å². The smallest absolute Gasteiger partial charge is 0.119 e. The lowest BCUT2D eigenvalue weighted by Gasteiger charge is -2.17. The van der Waals surface area contributed by atoms with Crippen LogP contribution in [0.3, 0.4) is 0 Å². The number of likely N-dealkylation sites (N-methyl/N-ethyl adjacent to an activating group) is 1. The molecule has 3 heteroatoms. The Balaban J connectivity index is 2.73. The zero-order valence-corrected chi connectivity index (χ0v) is 9.03. The summed E-state index contributed by atoms with van der Waals surface area (Å²) < 4.78 is 5.14. The van der Waals surface area contributed by atoms with Crippen LogP contribution < -0.4 is 10.5 Å². The first-order valence-corrected chi connectivity index (χ1v) is 4.67. The van der Waals surface area contributed by atoms with Crippen LogP contribution in [0.1, 0.15) is 11.6 Å². The van der Waals surface area contributed by atoms with Gasteiger partial charge in [0.1, 0.15) is 5.75 Å². The van der Waals surface area contributed by atoms with Gasteiger partial charge in [-0.05, 0) is 31.8 Å². The van der Waals surface area contributed by atoms with Gasteiger partial charge < -0.3 is 15.4 Å². The third-order valence-corrected chi connectivity index (χ3v) is 2.08. The molecule has 0 unspecified atom stereocenters. The summed E-state index contributed by atoms with van der Waals surface area (Å²) in [6.07, 6.45) is 0. The van der Waals surface area contributed by atoms with Crippen LogP contribution in [0.15, 0.2) is 24.3 Å². The third kappa shape index (κ3) is 3.01. The minimum Gasteiger partial charge on any atom is -0.497 e. The van der Waals surface area contributed by atoms with E-state index in [0.717, 1.165) is 17.9 Å². The van der Waals surface area contributed by atoms with Crippen LogP contribution >= 0.6 is 0 Å². The van der Waals surface area contributed by atoms with Gasteiger partial charge >= 0.3 is 0 Å². The fourth-order valence-corrected chi connectivity index (χ4v) is 1.37. The Hall–Kier alpha value is -1.06. The Kier molecular flexibility index (Phi) is 3.92. The molecule has 3 nitrogen and oxygen atoms in total. The molecule has 0 radical (unpaired) electrons. The first-order valence-electron chi connectivity index (χ1n) is 4.67. The van der Waals surface area contributed by atoms with E-state index in [1.165, 1.54) is 0 Å². The summed E-state index contributed by atoms with van der Waals surface area (Å²) in [7, 11) is 5.69. The van der Waals surface area contributed by atoms with Crippen LogP contribution in [-0.2, 0) is 0 Å². The fraction of sp³-hybridized carbons (Fsp3) is 0.455. The number of hydrogen-bond acceptors (Lipinski definition) is 3. The van der Waals surface area contributed by atoms with E-state index in [1.807, 2.05) is 38.4 Å². The van der Waals surface area contributed by atoms with Gasteiger partial charge in [-0.2, -0.15) is 0 Å². The Labute approximate surface area is 85.5 Å². The molecule has 0 aliphatic heterocycles. The van der Waals surface area contributed by atoms with Gasteiger partial charge in [-0.3, -0.25) is 0 Å². The maximum atomic E-state index is 6.02. The second-order valence-electron chi connectivity index (χ2n) is 3.65. The van der Waals surface area contributed by atoms with Crippen LogP contribution in [0.25, 0.3) is 0 Å². The van der Waals surface area contributed by atoms with Gasteiger partial charge in [0, 0.05) is 12.6 Å². The van der Waals surface area contributed by atoms with Crippen LogP contribution in [0.5, 0.6) is 5.75 Å². The molecule has 0 saturated carbocycles. The van der Waals surface area contributed by atoms with E-state index >= 15 is 0 Å². The largest absolute Gasteiger partial charge is 0.497 e. The van der Waals surface area contributed by atoms with Gasteiger partial charge in [-0.15, -0.1) is 0 Å². The number of nitrogens with two attached hydrogens (primary N) is 1. The molecular weight excluding hydrogens is 176 g/mol. The highest BCUT2D eigenvalue weighted by Crippen LogP contribution is 2.17. The molecule has 78 valence electrons. The average molecular weight is 194 g/mol. The van der Waals surface area contributed by atoms with E-state index in [-0.39, 0.29) is 6.04 Å². The Bertz CT molecular complexity index is 286. The van der Waals surface area contributed by atoms with Gasteiger partial charge in [-0.25, -0.2) is 0 Å². The summed E-state index contributed by atoms with van der Waals surface area (Å²) >= 11 is 0. The van der Waals surface area contributed by atoms with Crippen molar-refractivity contribution in [3.8, 4) is 5.75 Å². The number of hydrogen-bond donors (Lipinski definition) is 1. The molecule has 14 heavy (non-hydrogen) atoms. The summed E-state index contributed by atoms with van der Waals surface area (Å²) in [5.41, 5.74) is 7.13. The summed E-state index contributed by atoms with van der Waals surface area (Å²) in [5, 5.41) is 0. The van der Waals surface area contributed by atoms with E-state index in [4.69, 9.17) is 10.5 Å². The highest BCUT2D eigenvalue weighted by Gasteiger charge is 2.07. The number of nitrogens with zero attached hydrogens (tertiary/aromatic N) is 1. The molecule has 0 bridgehead atoms. The fourth-order valence-electron chi connectivity index (χ4n) is 1.37. The number of methoxy groups -OCH3 is 1. The molecule has 1 aromatic rings. The van der Waals surface area contributed by atoms with E-state index in [9.17, 15) is 0 Å². The van der Waals surface area contributed by atoms with Crippen molar-refractivity contribution in [2.75, 3.05) is 27.7 Å². The molecule has 0 spiro atoms. The molecular formula is C11H18N2O. The van der Waals surface area contributed by atoms with Gasteiger partial charge in [-0.1, -0.05) is 12.1 Å². The lowest BCUT2D eigenvalue weighted by atomic mass is 10.1. The molecule has 0 amide bonds. The van der Waals surface area contributed by atoms with Crippen molar-refractivity contribution in [1.29, 1.82) is 0 Å². The van der Waals surface area contributed by atoms with Gasteiger partial charge in [0.05, 0.1) is 7.11 Å². The lowest BCUT2D eigenvalue weighted by molar-refractivity contribution is 0.375. The van der Waals surface area contributed by atoms with Crippen molar-refractivity contribution >= 4 is 0 Å². The predicted octanol–water partition coefficient (Wildman–Crippen LogP) is 1.26. The maximum absolute atomic E-state index is 6.02. The van der Waals surface area contributed by atoms with Crippen molar-refractivity contribution in [3.63, 3.8) is 0 Å². The lowest BCUT2D eigenvalue weighted by Crippen LogP contribution is -2.25. The van der Waals surface area contributed by atoms with Crippen molar-refractivity contribution in [1.82, 2.24) is 4.90 Å². The first kappa shape index (κ1) is 11.0. The second-order valence-corrected chi connectivity index (χ2v) is 3.65. The van der Waals surface area contributed by atoms with Crippen molar-refractivity contribution in [3.05, 3.63) is 29.8 Å². The molecule has 0 saturated heterocycles. The van der Waals surface area contributed by atoms with E-state index in [0.29, 0.717) is 0 Å².